The van der Waals surface area contributed by atoms with Crippen LogP contribution in [0.4, 0.5) is 10.1 Å². The van der Waals surface area contributed by atoms with Crippen molar-refractivity contribution in [2.75, 3.05) is 11.9 Å². The van der Waals surface area contributed by atoms with Gasteiger partial charge in [-0.3, -0.25) is 0 Å². The third-order valence-electron chi connectivity index (χ3n) is 4.10. The maximum Gasteiger partial charge on any atom is 0.149 e. The fourth-order valence-corrected chi connectivity index (χ4v) is 2.95. The van der Waals surface area contributed by atoms with E-state index in [0.29, 0.717) is 11.9 Å². The van der Waals surface area contributed by atoms with Gasteiger partial charge in [0.25, 0.3) is 0 Å². The van der Waals surface area contributed by atoms with Crippen molar-refractivity contribution in [2.24, 2.45) is 0 Å². The molecule has 3 rings (SSSR count). The number of aliphatic hydroxyl groups excluding tert-OH is 1. The number of pyridine rings is 1. The summed E-state index contributed by atoms with van der Waals surface area (Å²) in [5.41, 5.74) is 3.16. The van der Waals surface area contributed by atoms with Crippen LogP contribution >= 0.6 is 0 Å². The van der Waals surface area contributed by atoms with Gasteiger partial charge in [-0.15, -0.1) is 0 Å². The number of hydrogen-bond donors (Lipinski definition) is 2. The molecule has 24 heavy (non-hydrogen) atoms. The Morgan fingerprint density at radius 3 is 2.67 bits per heavy atom. The van der Waals surface area contributed by atoms with E-state index in [4.69, 9.17) is 0 Å². The van der Waals surface area contributed by atoms with Crippen molar-refractivity contribution in [3.63, 3.8) is 0 Å². The van der Waals surface area contributed by atoms with Crippen molar-refractivity contribution in [1.82, 2.24) is 4.98 Å². The molecule has 3 nitrogen and oxygen atoms in total. The number of fused-ring (bicyclic) bond motifs is 1. The molecule has 0 aliphatic carbocycles. The molecule has 1 unspecified atom stereocenters. The molecule has 0 fully saturated rings. The minimum absolute atomic E-state index is 0.0478. The average molecular weight is 324 g/mol. The fourth-order valence-electron chi connectivity index (χ4n) is 2.95. The first-order valence-electron chi connectivity index (χ1n) is 8.17. The summed E-state index contributed by atoms with van der Waals surface area (Å²) >= 11 is 0. The van der Waals surface area contributed by atoms with E-state index >= 15 is 0 Å². The third kappa shape index (κ3) is 3.54. The highest BCUT2D eigenvalue weighted by Crippen LogP contribution is 2.30. The Labute approximate surface area is 141 Å². The number of nitrogens with one attached hydrogen (secondary N) is 1. The molecule has 0 radical (unpaired) electrons. The van der Waals surface area contributed by atoms with Crippen LogP contribution < -0.4 is 5.32 Å². The normalized spacial score (nSPS) is 12.3. The van der Waals surface area contributed by atoms with Crippen LogP contribution in [0.5, 0.6) is 0 Å². The number of benzene rings is 2. The summed E-state index contributed by atoms with van der Waals surface area (Å²) in [4.78, 5) is 4.32. The first kappa shape index (κ1) is 16.4. The van der Waals surface area contributed by atoms with Crippen LogP contribution in [-0.2, 0) is 0 Å². The van der Waals surface area contributed by atoms with Gasteiger partial charge < -0.3 is 10.4 Å². The van der Waals surface area contributed by atoms with Gasteiger partial charge in [0.1, 0.15) is 11.3 Å². The monoisotopic (exact) mass is 324 g/mol. The molecule has 0 amide bonds. The molecule has 1 heterocycles. The molecule has 4 heteroatoms. The molecular weight excluding hydrogens is 303 g/mol. The SMILES string of the molecule is Cc1cc(NC(CCCO)c2ccccc2)c2cccc(F)c2n1. The first-order chi connectivity index (χ1) is 11.7. The van der Waals surface area contributed by atoms with Crippen LogP contribution in [-0.4, -0.2) is 16.7 Å². The summed E-state index contributed by atoms with van der Waals surface area (Å²) in [6.45, 7) is 2.01. The molecule has 2 N–H and O–H groups in total. The summed E-state index contributed by atoms with van der Waals surface area (Å²) in [6, 6.07) is 17.1. The second kappa shape index (κ2) is 7.41. The van der Waals surface area contributed by atoms with Crippen molar-refractivity contribution >= 4 is 16.6 Å². The zero-order valence-electron chi connectivity index (χ0n) is 13.7. The van der Waals surface area contributed by atoms with Crippen LogP contribution in [0.2, 0.25) is 0 Å². The highest BCUT2D eigenvalue weighted by atomic mass is 19.1. The average Bonchev–Trinajstić information content (AvgIpc) is 2.60. The lowest BCUT2D eigenvalue weighted by molar-refractivity contribution is 0.281. The molecule has 124 valence electrons. The number of rotatable bonds is 6. The third-order valence-corrected chi connectivity index (χ3v) is 4.10. The maximum absolute atomic E-state index is 14.1. The van der Waals surface area contributed by atoms with Crippen molar-refractivity contribution in [3.8, 4) is 0 Å². The highest BCUT2D eigenvalue weighted by Gasteiger charge is 2.14. The van der Waals surface area contributed by atoms with E-state index in [1.807, 2.05) is 37.3 Å². The number of aromatic nitrogens is 1. The Kier molecular flexibility index (Phi) is 5.06. The van der Waals surface area contributed by atoms with E-state index in [2.05, 4.69) is 22.4 Å². The number of hydrogen-bond acceptors (Lipinski definition) is 3. The Balaban J connectivity index is 2.00. The summed E-state index contributed by atoms with van der Waals surface area (Å²) in [5, 5.41) is 13.5. The standard InChI is InChI=1S/C20H21FN2O/c1-14-13-19(16-9-5-10-17(21)20(16)22-14)23-18(11-6-12-24)15-7-3-2-4-8-15/h2-5,7-10,13,18,24H,6,11-12H2,1H3,(H,22,23). The quantitative estimate of drug-likeness (QED) is 0.696. The summed E-state index contributed by atoms with van der Waals surface area (Å²) in [7, 11) is 0. The molecule has 0 aliphatic heterocycles. The number of aryl methyl sites for hydroxylation is 1. The molecular formula is C20H21FN2O. The molecule has 0 bridgehead atoms. The van der Waals surface area contributed by atoms with Crippen LogP contribution in [0.25, 0.3) is 10.9 Å². The summed E-state index contributed by atoms with van der Waals surface area (Å²) < 4.78 is 14.1. The van der Waals surface area contributed by atoms with Gasteiger partial charge in [-0.05, 0) is 37.5 Å². The Bertz CT molecular complexity index is 820. The zero-order valence-corrected chi connectivity index (χ0v) is 13.7. The fraction of sp³-hybridized carbons (Fsp3) is 0.250. The topological polar surface area (TPSA) is 45.1 Å². The van der Waals surface area contributed by atoms with E-state index in [0.717, 1.165) is 28.8 Å². The highest BCUT2D eigenvalue weighted by molar-refractivity contribution is 5.92. The Morgan fingerprint density at radius 1 is 1.12 bits per heavy atom. The first-order valence-corrected chi connectivity index (χ1v) is 8.17. The van der Waals surface area contributed by atoms with Gasteiger partial charge in [0, 0.05) is 23.4 Å². The molecule has 3 aromatic rings. The Morgan fingerprint density at radius 2 is 1.92 bits per heavy atom. The summed E-state index contributed by atoms with van der Waals surface area (Å²) in [6.07, 6.45) is 1.49. The van der Waals surface area contributed by atoms with Gasteiger partial charge in [-0.2, -0.15) is 0 Å². The predicted octanol–water partition coefficient (Wildman–Crippen LogP) is 4.61. The van der Waals surface area contributed by atoms with Gasteiger partial charge in [0.15, 0.2) is 0 Å². The number of halogens is 1. The number of nitrogens with zero attached hydrogens (tertiary/aromatic N) is 1. The van der Waals surface area contributed by atoms with Crippen molar-refractivity contribution < 1.29 is 9.50 Å². The van der Waals surface area contributed by atoms with E-state index in [-0.39, 0.29) is 18.5 Å². The van der Waals surface area contributed by atoms with E-state index in [1.165, 1.54) is 6.07 Å². The molecule has 2 aromatic carbocycles. The van der Waals surface area contributed by atoms with Gasteiger partial charge in [0.05, 0.1) is 6.04 Å². The molecule has 1 aromatic heterocycles. The van der Waals surface area contributed by atoms with Gasteiger partial charge in [-0.25, -0.2) is 9.37 Å². The lowest BCUT2D eigenvalue weighted by Gasteiger charge is -2.21. The van der Waals surface area contributed by atoms with E-state index in [1.54, 1.807) is 6.07 Å². The second-order valence-corrected chi connectivity index (χ2v) is 5.92. The largest absolute Gasteiger partial charge is 0.396 e. The molecule has 0 saturated heterocycles. The molecule has 1 atom stereocenters. The number of anilines is 1. The number of aliphatic hydroxyl groups is 1. The van der Waals surface area contributed by atoms with Gasteiger partial charge in [0.2, 0.25) is 0 Å². The molecule has 0 spiro atoms. The maximum atomic E-state index is 14.1. The minimum Gasteiger partial charge on any atom is -0.396 e. The number of para-hydroxylation sites is 1. The summed E-state index contributed by atoms with van der Waals surface area (Å²) in [5.74, 6) is -0.314. The van der Waals surface area contributed by atoms with Gasteiger partial charge in [-0.1, -0.05) is 42.5 Å². The van der Waals surface area contributed by atoms with Crippen molar-refractivity contribution in [3.05, 3.63) is 71.7 Å². The second-order valence-electron chi connectivity index (χ2n) is 5.92. The van der Waals surface area contributed by atoms with Crippen LogP contribution in [0.15, 0.2) is 54.6 Å². The minimum atomic E-state index is -0.314. The van der Waals surface area contributed by atoms with Crippen molar-refractivity contribution in [1.29, 1.82) is 0 Å². The van der Waals surface area contributed by atoms with Crippen molar-refractivity contribution in [2.45, 2.75) is 25.8 Å². The Hall–Kier alpha value is -2.46. The van der Waals surface area contributed by atoms with E-state index < -0.39 is 0 Å². The van der Waals surface area contributed by atoms with Crippen LogP contribution in [0.1, 0.15) is 30.1 Å². The smallest absolute Gasteiger partial charge is 0.149 e. The lowest BCUT2D eigenvalue weighted by Crippen LogP contribution is -2.12. The van der Waals surface area contributed by atoms with Gasteiger partial charge >= 0.3 is 0 Å². The lowest BCUT2D eigenvalue weighted by atomic mass is 10.0. The molecule has 0 saturated carbocycles. The zero-order chi connectivity index (χ0) is 16.9. The van der Waals surface area contributed by atoms with Crippen LogP contribution in [0, 0.1) is 12.7 Å². The van der Waals surface area contributed by atoms with E-state index in [9.17, 15) is 9.50 Å². The van der Waals surface area contributed by atoms with Crippen LogP contribution in [0.3, 0.4) is 0 Å². The molecule has 0 aliphatic rings. The predicted molar refractivity (Wildman–Crippen MR) is 95.6 cm³/mol.